The molecule has 5 heteroatoms. The van der Waals surface area contributed by atoms with E-state index in [9.17, 15) is 14.7 Å². The van der Waals surface area contributed by atoms with Crippen molar-refractivity contribution in [3.63, 3.8) is 0 Å². The molecule has 0 aromatic heterocycles. The monoisotopic (exact) mass is 284 g/mol. The molecule has 0 spiro atoms. The number of nitrogens with zero attached hydrogens (tertiary/aromatic N) is 2. The molecule has 0 unspecified atom stereocenters. The van der Waals surface area contributed by atoms with Gasteiger partial charge in [0.2, 0.25) is 5.91 Å². The zero-order valence-corrected chi connectivity index (χ0v) is 13.5. The lowest BCUT2D eigenvalue weighted by atomic mass is 10.1. The molecule has 2 atom stereocenters. The Kier molecular flexibility index (Phi) is 5.19. The Morgan fingerprint density at radius 2 is 1.70 bits per heavy atom. The van der Waals surface area contributed by atoms with E-state index >= 15 is 0 Å². The van der Waals surface area contributed by atoms with Gasteiger partial charge < -0.3 is 14.9 Å². The summed E-state index contributed by atoms with van der Waals surface area (Å²) in [7, 11) is 3.94. The third kappa shape index (κ3) is 3.72. The molecule has 1 aliphatic carbocycles. The Bertz CT molecular complexity index is 377. The number of carbonyl (C=O) groups excluding carboxylic acids is 1. The summed E-state index contributed by atoms with van der Waals surface area (Å²) in [5.41, 5.74) is -0.420. The Hall–Kier alpha value is -1.10. The molecule has 0 radical (unpaired) electrons. The molecule has 1 saturated carbocycles. The second-order valence-corrected chi connectivity index (χ2v) is 7.10. The Balaban J connectivity index is 2.76. The van der Waals surface area contributed by atoms with Gasteiger partial charge in [-0.1, -0.05) is 27.7 Å². The van der Waals surface area contributed by atoms with Crippen molar-refractivity contribution in [1.82, 2.24) is 9.80 Å². The first-order chi connectivity index (χ1) is 9.09. The second-order valence-electron chi connectivity index (χ2n) is 7.10. The fourth-order valence-electron chi connectivity index (χ4n) is 2.81. The number of likely N-dealkylation sites (N-methyl/N-ethyl adjacent to an activating group) is 1. The number of hydrogen-bond acceptors (Lipinski definition) is 3. The van der Waals surface area contributed by atoms with Gasteiger partial charge in [0.05, 0.1) is 11.8 Å². The fourth-order valence-corrected chi connectivity index (χ4v) is 2.81. The van der Waals surface area contributed by atoms with E-state index in [1.807, 2.05) is 37.7 Å². The Labute approximate surface area is 121 Å². The van der Waals surface area contributed by atoms with E-state index in [1.165, 1.54) is 0 Å². The highest BCUT2D eigenvalue weighted by atomic mass is 16.4. The maximum absolute atomic E-state index is 12.6. The zero-order chi connectivity index (χ0) is 15.7. The molecule has 0 saturated heterocycles. The highest BCUT2D eigenvalue weighted by molar-refractivity contribution is 5.91. The summed E-state index contributed by atoms with van der Waals surface area (Å²) < 4.78 is 0. The molecule has 0 aliphatic heterocycles. The van der Waals surface area contributed by atoms with Crippen LogP contribution in [-0.2, 0) is 9.59 Å². The van der Waals surface area contributed by atoms with Crippen molar-refractivity contribution in [1.29, 1.82) is 0 Å². The summed E-state index contributed by atoms with van der Waals surface area (Å²) in [4.78, 5) is 27.7. The van der Waals surface area contributed by atoms with Crippen LogP contribution in [0, 0.1) is 23.2 Å². The summed E-state index contributed by atoms with van der Waals surface area (Å²) in [6.45, 7) is 10.0. The third-order valence-electron chi connectivity index (χ3n) is 4.07. The molecular weight excluding hydrogens is 256 g/mol. The summed E-state index contributed by atoms with van der Waals surface area (Å²) in [5, 5.41) is 9.21. The lowest BCUT2D eigenvalue weighted by molar-refractivity contribution is -0.142. The van der Waals surface area contributed by atoms with Crippen molar-refractivity contribution in [3.05, 3.63) is 0 Å². The first-order valence-electron chi connectivity index (χ1n) is 7.25. The summed E-state index contributed by atoms with van der Waals surface area (Å²) >= 11 is 0. The maximum Gasteiger partial charge on any atom is 0.307 e. The SMILES string of the molecule is CC(C)CN(CCN(C)C)C(=O)[C@@H]1[C@H](C(=O)O)C1(C)C. The Morgan fingerprint density at radius 1 is 1.15 bits per heavy atom. The lowest BCUT2D eigenvalue weighted by Crippen LogP contribution is -2.40. The predicted molar refractivity (Wildman–Crippen MR) is 78.4 cm³/mol. The minimum Gasteiger partial charge on any atom is -0.481 e. The molecule has 0 bridgehead atoms. The van der Waals surface area contributed by atoms with Crippen molar-refractivity contribution < 1.29 is 14.7 Å². The lowest BCUT2D eigenvalue weighted by Gasteiger charge is -2.26. The van der Waals surface area contributed by atoms with Gasteiger partial charge in [-0.25, -0.2) is 0 Å². The molecule has 0 heterocycles. The normalized spacial score (nSPS) is 24.0. The average molecular weight is 284 g/mol. The van der Waals surface area contributed by atoms with Gasteiger partial charge in [0.25, 0.3) is 0 Å². The van der Waals surface area contributed by atoms with Crippen molar-refractivity contribution >= 4 is 11.9 Å². The molecule has 20 heavy (non-hydrogen) atoms. The van der Waals surface area contributed by atoms with Crippen LogP contribution in [0.1, 0.15) is 27.7 Å². The van der Waals surface area contributed by atoms with E-state index in [2.05, 4.69) is 13.8 Å². The minimum atomic E-state index is -0.856. The standard InChI is InChI=1S/C15H28N2O3/c1-10(2)9-17(8-7-16(5)6)13(18)11-12(14(19)20)15(11,3)4/h10-12H,7-9H2,1-6H3,(H,19,20)/t11-,12+/m0/s1. The zero-order valence-electron chi connectivity index (χ0n) is 13.5. The number of amides is 1. The number of aliphatic carboxylic acids is 1. The maximum atomic E-state index is 12.6. The number of rotatable bonds is 7. The molecule has 116 valence electrons. The smallest absolute Gasteiger partial charge is 0.307 e. The van der Waals surface area contributed by atoms with Crippen molar-refractivity contribution in [2.45, 2.75) is 27.7 Å². The van der Waals surface area contributed by atoms with Gasteiger partial charge >= 0.3 is 5.97 Å². The highest BCUT2D eigenvalue weighted by Gasteiger charge is 2.66. The van der Waals surface area contributed by atoms with Crippen LogP contribution in [0.3, 0.4) is 0 Å². The van der Waals surface area contributed by atoms with Gasteiger partial charge in [0.1, 0.15) is 0 Å². The van der Waals surface area contributed by atoms with Crippen LogP contribution >= 0.6 is 0 Å². The van der Waals surface area contributed by atoms with Gasteiger partial charge in [0, 0.05) is 19.6 Å². The van der Waals surface area contributed by atoms with E-state index in [0.717, 1.165) is 6.54 Å². The van der Waals surface area contributed by atoms with Crippen molar-refractivity contribution in [3.8, 4) is 0 Å². The number of carbonyl (C=O) groups is 2. The number of carboxylic acids is 1. The van der Waals surface area contributed by atoms with Crippen LogP contribution in [0.25, 0.3) is 0 Å². The molecule has 0 aromatic rings. The topological polar surface area (TPSA) is 60.9 Å². The van der Waals surface area contributed by atoms with Crippen LogP contribution in [0.2, 0.25) is 0 Å². The molecule has 1 fully saturated rings. The molecule has 1 N–H and O–H groups in total. The van der Waals surface area contributed by atoms with Gasteiger partial charge in [-0.3, -0.25) is 9.59 Å². The van der Waals surface area contributed by atoms with Crippen LogP contribution in [0.15, 0.2) is 0 Å². The molecule has 1 rings (SSSR count). The average Bonchev–Trinajstić information content (AvgIpc) is 2.86. The van der Waals surface area contributed by atoms with E-state index in [4.69, 9.17) is 0 Å². The number of hydrogen-bond donors (Lipinski definition) is 1. The van der Waals surface area contributed by atoms with Crippen LogP contribution in [0.5, 0.6) is 0 Å². The molecule has 0 aromatic carbocycles. The van der Waals surface area contributed by atoms with E-state index in [-0.39, 0.29) is 11.8 Å². The van der Waals surface area contributed by atoms with Crippen molar-refractivity contribution in [2.24, 2.45) is 23.2 Å². The van der Waals surface area contributed by atoms with Crippen molar-refractivity contribution in [2.75, 3.05) is 33.7 Å². The van der Waals surface area contributed by atoms with Gasteiger partial charge in [-0.05, 0) is 25.4 Å². The van der Waals surface area contributed by atoms with Crippen LogP contribution in [0.4, 0.5) is 0 Å². The van der Waals surface area contributed by atoms with E-state index < -0.39 is 17.3 Å². The third-order valence-corrected chi connectivity index (χ3v) is 4.07. The van der Waals surface area contributed by atoms with Gasteiger partial charge in [-0.2, -0.15) is 0 Å². The Morgan fingerprint density at radius 3 is 2.05 bits per heavy atom. The molecule has 1 amide bonds. The highest BCUT2D eigenvalue weighted by Crippen LogP contribution is 2.59. The van der Waals surface area contributed by atoms with E-state index in [0.29, 0.717) is 19.0 Å². The first-order valence-corrected chi connectivity index (χ1v) is 7.25. The number of carboxylic acid groups (broad SMARTS) is 1. The molecule has 5 nitrogen and oxygen atoms in total. The quantitative estimate of drug-likeness (QED) is 0.767. The summed E-state index contributed by atoms with van der Waals surface area (Å²) in [6, 6.07) is 0. The van der Waals surface area contributed by atoms with Gasteiger partial charge in [0.15, 0.2) is 0 Å². The summed E-state index contributed by atoms with van der Waals surface area (Å²) in [5.74, 6) is -1.39. The fraction of sp³-hybridized carbons (Fsp3) is 0.867. The van der Waals surface area contributed by atoms with E-state index in [1.54, 1.807) is 0 Å². The second kappa shape index (κ2) is 6.12. The first kappa shape index (κ1) is 17.0. The van der Waals surface area contributed by atoms with Crippen LogP contribution < -0.4 is 0 Å². The summed E-state index contributed by atoms with van der Waals surface area (Å²) in [6.07, 6.45) is 0. The molecule has 1 aliphatic rings. The van der Waals surface area contributed by atoms with Gasteiger partial charge in [-0.15, -0.1) is 0 Å². The predicted octanol–water partition coefficient (Wildman–Crippen LogP) is 1.39. The largest absolute Gasteiger partial charge is 0.481 e. The molecular formula is C15H28N2O3. The minimum absolute atomic E-state index is 0.00190. The van der Waals surface area contributed by atoms with Crippen LogP contribution in [-0.4, -0.2) is 60.5 Å².